The van der Waals surface area contributed by atoms with Crippen molar-refractivity contribution in [2.45, 2.75) is 20.4 Å². The first kappa shape index (κ1) is 18.1. The topological polar surface area (TPSA) is 97.4 Å². The van der Waals surface area contributed by atoms with E-state index in [2.05, 4.69) is 20.4 Å². The molecular formula is C18H19N7O2S. The van der Waals surface area contributed by atoms with Crippen molar-refractivity contribution in [3.05, 3.63) is 46.1 Å². The van der Waals surface area contributed by atoms with E-state index < -0.39 is 5.69 Å². The summed E-state index contributed by atoms with van der Waals surface area (Å²) >= 11 is 1.40. The lowest BCUT2D eigenvalue weighted by Crippen LogP contribution is -2.28. The number of amides is 1. The largest absolute Gasteiger partial charge is 0.354 e. The first-order valence-corrected chi connectivity index (χ1v) is 9.44. The minimum absolute atomic E-state index is 0.186. The molecule has 0 fully saturated rings. The quantitative estimate of drug-likeness (QED) is 0.564. The first-order valence-electron chi connectivity index (χ1n) is 8.62. The normalized spacial score (nSPS) is 11.3. The number of carbonyl (C=O) groups excluding carboxylic acids is 1. The van der Waals surface area contributed by atoms with Crippen LogP contribution in [0.15, 0.2) is 29.3 Å². The summed E-state index contributed by atoms with van der Waals surface area (Å²) in [5.74, 6) is -0.318. The van der Waals surface area contributed by atoms with Crippen LogP contribution in [-0.4, -0.2) is 44.2 Å². The molecule has 0 saturated carbocycles. The maximum absolute atomic E-state index is 12.6. The fourth-order valence-electron chi connectivity index (χ4n) is 2.82. The number of thiazole rings is 1. The van der Waals surface area contributed by atoms with Gasteiger partial charge in [-0.1, -0.05) is 23.5 Å². The van der Waals surface area contributed by atoms with Gasteiger partial charge in [0.05, 0.1) is 0 Å². The van der Waals surface area contributed by atoms with Gasteiger partial charge in [-0.15, -0.1) is 5.10 Å². The predicted octanol–water partition coefficient (Wildman–Crippen LogP) is 1.82. The van der Waals surface area contributed by atoms with Crippen LogP contribution in [0, 0.1) is 13.8 Å². The molecule has 0 aliphatic rings. The summed E-state index contributed by atoms with van der Waals surface area (Å²) in [4.78, 5) is 35.7. The van der Waals surface area contributed by atoms with E-state index in [-0.39, 0.29) is 12.5 Å². The number of aromatic nitrogens is 5. The maximum atomic E-state index is 12.6. The summed E-state index contributed by atoms with van der Waals surface area (Å²) in [5, 5.41) is 7.97. The summed E-state index contributed by atoms with van der Waals surface area (Å²) in [6.45, 7) is 3.69. The Bertz CT molecular complexity index is 1270. The Morgan fingerprint density at radius 3 is 2.82 bits per heavy atom. The van der Waals surface area contributed by atoms with Crippen molar-refractivity contribution in [1.29, 1.82) is 0 Å². The average molecular weight is 397 g/mol. The van der Waals surface area contributed by atoms with Gasteiger partial charge in [-0.25, -0.2) is 18.9 Å². The van der Waals surface area contributed by atoms with Crippen molar-refractivity contribution in [2.24, 2.45) is 0 Å². The SMILES string of the molecule is Cc1ccc(C)c(NC(=O)Cn2nc3c4sc(N(C)C)nc4ncn3c2=O)c1. The standard InChI is InChI=1S/C18H19N7O2S/c1-10-5-6-11(2)12(7-10)20-13(26)8-25-18(27)24-9-19-15-14(16(24)22-25)28-17(21-15)23(3)4/h5-7,9H,8H2,1-4H3,(H,20,26). The Balaban J connectivity index is 1.68. The summed E-state index contributed by atoms with van der Waals surface area (Å²) in [5.41, 5.74) is 3.27. The molecule has 0 atom stereocenters. The molecule has 144 valence electrons. The molecule has 0 saturated heterocycles. The minimum atomic E-state index is -0.416. The van der Waals surface area contributed by atoms with Gasteiger partial charge in [0, 0.05) is 19.8 Å². The molecule has 0 radical (unpaired) electrons. The van der Waals surface area contributed by atoms with E-state index in [1.807, 2.05) is 51.0 Å². The van der Waals surface area contributed by atoms with Crippen LogP contribution >= 0.6 is 11.3 Å². The fraction of sp³-hybridized carbons (Fsp3) is 0.278. The third-order valence-electron chi connectivity index (χ3n) is 4.31. The number of fused-ring (bicyclic) bond motifs is 3. The number of nitrogens with zero attached hydrogens (tertiary/aromatic N) is 6. The van der Waals surface area contributed by atoms with Crippen LogP contribution in [0.1, 0.15) is 11.1 Å². The smallest absolute Gasteiger partial charge is 0.352 e. The molecular weight excluding hydrogens is 378 g/mol. The molecule has 3 heterocycles. The van der Waals surface area contributed by atoms with Crippen LogP contribution in [0.3, 0.4) is 0 Å². The van der Waals surface area contributed by atoms with Crippen LogP contribution in [0.5, 0.6) is 0 Å². The highest BCUT2D eigenvalue weighted by atomic mass is 32.1. The zero-order valence-corrected chi connectivity index (χ0v) is 16.7. The van der Waals surface area contributed by atoms with Crippen molar-refractivity contribution in [3.8, 4) is 0 Å². The van der Waals surface area contributed by atoms with Crippen molar-refractivity contribution >= 4 is 44.1 Å². The molecule has 1 N–H and O–H groups in total. The van der Waals surface area contributed by atoms with Gasteiger partial charge < -0.3 is 10.2 Å². The van der Waals surface area contributed by atoms with Gasteiger partial charge in [-0.05, 0) is 31.0 Å². The van der Waals surface area contributed by atoms with Crippen LogP contribution < -0.4 is 15.9 Å². The molecule has 0 aliphatic heterocycles. The Hall–Kier alpha value is -3.27. The van der Waals surface area contributed by atoms with E-state index in [0.29, 0.717) is 16.0 Å². The molecule has 4 rings (SSSR count). The molecule has 3 aromatic heterocycles. The minimum Gasteiger partial charge on any atom is -0.354 e. The van der Waals surface area contributed by atoms with E-state index >= 15 is 0 Å². The molecule has 0 spiro atoms. The Morgan fingerprint density at radius 1 is 1.29 bits per heavy atom. The summed E-state index contributed by atoms with van der Waals surface area (Å²) < 4.78 is 3.19. The number of carbonyl (C=O) groups is 1. The van der Waals surface area contributed by atoms with E-state index in [1.165, 1.54) is 22.1 Å². The molecule has 0 unspecified atom stereocenters. The van der Waals surface area contributed by atoms with Gasteiger partial charge in [-0.3, -0.25) is 4.79 Å². The lowest BCUT2D eigenvalue weighted by molar-refractivity contribution is -0.117. The van der Waals surface area contributed by atoms with E-state index in [1.54, 1.807) is 0 Å². The van der Waals surface area contributed by atoms with Crippen molar-refractivity contribution in [3.63, 3.8) is 0 Å². The number of rotatable bonds is 4. The van der Waals surface area contributed by atoms with Gasteiger partial charge >= 0.3 is 5.69 Å². The second kappa shape index (κ2) is 6.71. The molecule has 28 heavy (non-hydrogen) atoms. The van der Waals surface area contributed by atoms with Crippen molar-refractivity contribution in [2.75, 3.05) is 24.3 Å². The molecule has 9 nitrogen and oxygen atoms in total. The molecule has 1 aromatic carbocycles. The first-order chi connectivity index (χ1) is 13.3. The lowest BCUT2D eigenvalue weighted by Gasteiger charge is -2.08. The molecule has 0 aliphatic carbocycles. The number of anilines is 2. The van der Waals surface area contributed by atoms with Crippen LogP contribution in [0.2, 0.25) is 0 Å². The van der Waals surface area contributed by atoms with Crippen LogP contribution in [0.4, 0.5) is 10.8 Å². The number of hydrogen-bond acceptors (Lipinski definition) is 7. The number of aryl methyl sites for hydroxylation is 2. The van der Waals surface area contributed by atoms with Gasteiger partial charge in [0.15, 0.2) is 16.4 Å². The zero-order chi connectivity index (χ0) is 20.0. The summed E-state index contributed by atoms with van der Waals surface area (Å²) in [7, 11) is 3.77. The van der Waals surface area contributed by atoms with Crippen molar-refractivity contribution < 1.29 is 4.79 Å². The van der Waals surface area contributed by atoms with Gasteiger partial charge in [0.2, 0.25) is 5.91 Å². The Labute approximate surface area is 164 Å². The number of hydrogen-bond donors (Lipinski definition) is 1. The average Bonchev–Trinajstić information content (AvgIpc) is 3.20. The fourth-order valence-corrected chi connectivity index (χ4v) is 3.73. The van der Waals surface area contributed by atoms with E-state index in [4.69, 9.17) is 0 Å². The van der Waals surface area contributed by atoms with Crippen LogP contribution in [-0.2, 0) is 11.3 Å². The third-order valence-corrected chi connectivity index (χ3v) is 5.52. The monoisotopic (exact) mass is 397 g/mol. The summed E-state index contributed by atoms with van der Waals surface area (Å²) in [6.07, 6.45) is 1.39. The summed E-state index contributed by atoms with van der Waals surface area (Å²) in [6, 6.07) is 5.82. The highest BCUT2D eigenvalue weighted by molar-refractivity contribution is 7.22. The van der Waals surface area contributed by atoms with Crippen LogP contribution in [0.25, 0.3) is 16.0 Å². The molecule has 1 amide bonds. The Morgan fingerprint density at radius 2 is 2.07 bits per heavy atom. The number of benzene rings is 1. The van der Waals surface area contributed by atoms with Gasteiger partial charge in [0.25, 0.3) is 0 Å². The predicted molar refractivity (Wildman–Crippen MR) is 109 cm³/mol. The highest BCUT2D eigenvalue weighted by Gasteiger charge is 2.17. The van der Waals surface area contributed by atoms with E-state index in [0.717, 1.165) is 26.6 Å². The molecule has 0 bridgehead atoms. The zero-order valence-electron chi connectivity index (χ0n) is 15.9. The highest BCUT2D eigenvalue weighted by Crippen LogP contribution is 2.28. The second-order valence-corrected chi connectivity index (χ2v) is 7.77. The third kappa shape index (κ3) is 3.11. The lowest BCUT2D eigenvalue weighted by atomic mass is 10.1. The van der Waals surface area contributed by atoms with Gasteiger partial charge in [0.1, 0.15) is 17.6 Å². The van der Waals surface area contributed by atoms with E-state index in [9.17, 15) is 9.59 Å². The number of nitrogens with one attached hydrogen (secondary N) is 1. The Kier molecular flexibility index (Phi) is 4.34. The second-order valence-electron chi connectivity index (χ2n) is 6.79. The maximum Gasteiger partial charge on any atom is 0.352 e. The molecule has 4 aromatic rings. The molecule has 10 heteroatoms. The van der Waals surface area contributed by atoms with Gasteiger partial charge in [-0.2, -0.15) is 4.98 Å². The van der Waals surface area contributed by atoms with Crippen molar-refractivity contribution in [1.82, 2.24) is 24.1 Å².